The monoisotopic (exact) mass is 245 g/mol. The van der Waals surface area contributed by atoms with Crippen LogP contribution in [-0.4, -0.2) is 19.8 Å². The van der Waals surface area contributed by atoms with Crippen LogP contribution >= 0.6 is 11.6 Å². The van der Waals surface area contributed by atoms with Crippen molar-refractivity contribution >= 4 is 22.9 Å². The molecule has 0 aliphatic heterocycles. The van der Waals surface area contributed by atoms with E-state index in [1.54, 1.807) is 28.9 Å². The van der Waals surface area contributed by atoms with Gasteiger partial charge in [0.1, 0.15) is 0 Å². The molecule has 0 aliphatic rings. The van der Waals surface area contributed by atoms with E-state index in [-0.39, 0.29) is 0 Å². The predicted molar refractivity (Wildman–Crippen MR) is 65.6 cm³/mol. The summed E-state index contributed by atoms with van der Waals surface area (Å²) >= 11 is 5.86. The van der Waals surface area contributed by atoms with Gasteiger partial charge >= 0.3 is 0 Å². The first-order valence-corrected chi connectivity index (χ1v) is 5.35. The highest BCUT2D eigenvalue weighted by atomic mass is 35.5. The van der Waals surface area contributed by atoms with Crippen molar-refractivity contribution < 1.29 is 0 Å². The Kier molecular flexibility index (Phi) is 2.19. The van der Waals surface area contributed by atoms with E-state index in [2.05, 4.69) is 15.3 Å². The van der Waals surface area contributed by atoms with Gasteiger partial charge in [-0.05, 0) is 30.3 Å². The number of rotatable bonds is 1. The van der Waals surface area contributed by atoms with E-state index < -0.39 is 0 Å². The standard InChI is InChI=1S/C11H8ClN5/c12-7-3-4-8(9(13)6-7)11-16-15-10-2-1-5-14-17(10)11/h1-6H,13H2. The van der Waals surface area contributed by atoms with Crippen molar-refractivity contribution in [3.05, 3.63) is 41.6 Å². The van der Waals surface area contributed by atoms with Crippen molar-refractivity contribution in [2.45, 2.75) is 0 Å². The van der Waals surface area contributed by atoms with E-state index >= 15 is 0 Å². The molecule has 5 nitrogen and oxygen atoms in total. The lowest BCUT2D eigenvalue weighted by molar-refractivity contribution is 0.936. The van der Waals surface area contributed by atoms with E-state index in [0.717, 1.165) is 5.56 Å². The molecule has 0 bridgehead atoms. The molecule has 0 saturated heterocycles. The molecule has 84 valence electrons. The summed E-state index contributed by atoms with van der Waals surface area (Å²) in [5.41, 5.74) is 7.91. The van der Waals surface area contributed by atoms with Gasteiger partial charge in [-0.1, -0.05) is 11.6 Å². The van der Waals surface area contributed by atoms with E-state index in [4.69, 9.17) is 17.3 Å². The van der Waals surface area contributed by atoms with Gasteiger partial charge in [0.25, 0.3) is 0 Å². The van der Waals surface area contributed by atoms with Gasteiger partial charge in [0.15, 0.2) is 11.5 Å². The molecule has 0 fully saturated rings. The molecular formula is C11H8ClN5. The topological polar surface area (TPSA) is 69.1 Å². The predicted octanol–water partition coefficient (Wildman–Crippen LogP) is 2.03. The van der Waals surface area contributed by atoms with Crippen LogP contribution in [0, 0.1) is 0 Å². The Morgan fingerprint density at radius 2 is 2.06 bits per heavy atom. The third-order valence-electron chi connectivity index (χ3n) is 2.43. The second-order valence-electron chi connectivity index (χ2n) is 3.55. The van der Waals surface area contributed by atoms with Crippen LogP contribution in [0.4, 0.5) is 5.69 Å². The summed E-state index contributed by atoms with van der Waals surface area (Å²) in [7, 11) is 0. The Hall–Kier alpha value is -2.14. The number of nitrogens with zero attached hydrogens (tertiary/aromatic N) is 4. The van der Waals surface area contributed by atoms with Crippen LogP contribution in [0.15, 0.2) is 36.5 Å². The lowest BCUT2D eigenvalue weighted by Gasteiger charge is -2.03. The third kappa shape index (κ3) is 1.60. The number of anilines is 1. The quantitative estimate of drug-likeness (QED) is 0.666. The molecule has 2 heterocycles. The van der Waals surface area contributed by atoms with E-state index in [1.807, 2.05) is 12.1 Å². The zero-order valence-corrected chi connectivity index (χ0v) is 9.46. The van der Waals surface area contributed by atoms with Crippen LogP contribution in [0.2, 0.25) is 5.02 Å². The average Bonchev–Trinajstić information content (AvgIpc) is 2.73. The van der Waals surface area contributed by atoms with Crippen LogP contribution in [0.5, 0.6) is 0 Å². The van der Waals surface area contributed by atoms with Gasteiger partial charge in [0.05, 0.1) is 0 Å². The summed E-state index contributed by atoms with van der Waals surface area (Å²) in [6.07, 6.45) is 1.67. The van der Waals surface area contributed by atoms with Crippen molar-refractivity contribution in [3.8, 4) is 11.4 Å². The highest BCUT2D eigenvalue weighted by Crippen LogP contribution is 2.26. The van der Waals surface area contributed by atoms with Crippen LogP contribution in [0.25, 0.3) is 17.0 Å². The smallest absolute Gasteiger partial charge is 0.187 e. The molecule has 2 N–H and O–H groups in total. The second kappa shape index (κ2) is 3.71. The Balaban J connectivity index is 2.27. The zero-order chi connectivity index (χ0) is 11.8. The minimum absolute atomic E-state index is 0.553. The first kappa shape index (κ1) is 10.0. The highest BCUT2D eigenvalue weighted by molar-refractivity contribution is 6.31. The molecule has 6 heteroatoms. The minimum Gasteiger partial charge on any atom is -0.398 e. The maximum atomic E-state index is 5.91. The highest BCUT2D eigenvalue weighted by Gasteiger charge is 2.11. The lowest BCUT2D eigenvalue weighted by Crippen LogP contribution is -1.97. The molecule has 2 aromatic heterocycles. The number of fused-ring (bicyclic) bond motifs is 1. The van der Waals surface area contributed by atoms with Crippen LogP contribution in [0.1, 0.15) is 0 Å². The Morgan fingerprint density at radius 3 is 2.88 bits per heavy atom. The summed E-state index contributed by atoms with van der Waals surface area (Å²) in [6, 6.07) is 8.88. The molecule has 3 rings (SSSR count). The molecule has 0 saturated carbocycles. The fourth-order valence-corrected chi connectivity index (χ4v) is 1.83. The normalized spacial score (nSPS) is 10.9. The van der Waals surface area contributed by atoms with Crippen molar-refractivity contribution in [2.24, 2.45) is 0 Å². The first-order valence-electron chi connectivity index (χ1n) is 4.97. The van der Waals surface area contributed by atoms with Gasteiger partial charge in [-0.3, -0.25) is 0 Å². The number of aromatic nitrogens is 4. The minimum atomic E-state index is 0.553. The number of benzene rings is 1. The number of hydrogen-bond acceptors (Lipinski definition) is 4. The largest absolute Gasteiger partial charge is 0.398 e. The number of nitrogen functional groups attached to an aromatic ring is 1. The van der Waals surface area contributed by atoms with Crippen LogP contribution < -0.4 is 5.73 Å². The van der Waals surface area contributed by atoms with Crippen molar-refractivity contribution in [2.75, 3.05) is 5.73 Å². The second-order valence-corrected chi connectivity index (χ2v) is 3.99. The van der Waals surface area contributed by atoms with Crippen molar-refractivity contribution in [1.29, 1.82) is 0 Å². The fourth-order valence-electron chi connectivity index (χ4n) is 1.65. The van der Waals surface area contributed by atoms with Gasteiger partial charge in [-0.25, -0.2) is 0 Å². The maximum absolute atomic E-state index is 5.91. The van der Waals surface area contributed by atoms with Crippen LogP contribution in [0.3, 0.4) is 0 Å². The molecule has 17 heavy (non-hydrogen) atoms. The number of hydrogen-bond donors (Lipinski definition) is 1. The number of nitrogens with two attached hydrogens (primary N) is 1. The summed E-state index contributed by atoms with van der Waals surface area (Å²) < 4.78 is 1.64. The summed E-state index contributed by atoms with van der Waals surface area (Å²) in [6.45, 7) is 0. The first-order chi connectivity index (χ1) is 8.25. The van der Waals surface area contributed by atoms with Gasteiger partial charge in [0.2, 0.25) is 0 Å². The molecule has 0 spiro atoms. The molecule has 0 aliphatic carbocycles. The van der Waals surface area contributed by atoms with Crippen molar-refractivity contribution in [1.82, 2.24) is 19.8 Å². The van der Waals surface area contributed by atoms with Crippen LogP contribution in [-0.2, 0) is 0 Å². The lowest BCUT2D eigenvalue weighted by atomic mass is 10.2. The van der Waals surface area contributed by atoms with Gasteiger partial charge in [-0.2, -0.15) is 9.61 Å². The van der Waals surface area contributed by atoms with E-state index in [1.165, 1.54) is 0 Å². The average molecular weight is 246 g/mol. The summed E-state index contributed by atoms with van der Waals surface area (Å²) in [4.78, 5) is 0. The van der Waals surface area contributed by atoms with Crippen molar-refractivity contribution in [3.63, 3.8) is 0 Å². The van der Waals surface area contributed by atoms with Gasteiger partial charge in [0, 0.05) is 22.5 Å². The zero-order valence-electron chi connectivity index (χ0n) is 8.71. The molecule has 0 radical (unpaired) electrons. The Morgan fingerprint density at radius 1 is 1.18 bits per heavy atom. The van der Waals surface area contributed by atoms with Gasteiger partial charge < -0.3 is 5.73 Å². The van der Waals surface area contributed by atoms with E-state index in [0.29, 0.717) is 22.2 Å². The fraction of sp³-hybridized carbons (Fsp3) is 0. The summed E-state index contributed by atoms with van der Waals surface area (Å²) in [5, 5.41) is 12.9. The molecule has 0 unspecified atom stereocenters. The molecule has 1 aromatic carbocycles. The molecule has 0 atom stereocenters. The number of halogens is 1. The Bertz CT molecular complexity index is 691. The van der Waals surface area contributed by atoms with Gasteiger partial charge in [-0.15, -0.1) is 10.2 Å². The molecule has 3 aromatic rings. The maximum Gasteiger partial charge on any atom is 0.187 e. The third-order valence-corrected chi connectivity index (χ3v) is 2.67. The summed E-state index contributed by atoms with van der Waals surface area (Å²) in [5.74, 6) is 0.606. The molecule has 0 amide bonds. The Labute approximate surface area is 102 Å². The SMILES string of the molecule is Nc1cc(Cl)ccc1-c1nnc2cccnn12. The molecular weight excluding hydrogens is 238 g/mol. The van der Waals surface area contributed by atoms with E-state index in [9.17, 15) is 0 Å².